The molecule has 6 aliphatic rings. The standard InChI is InChI=1S/C37H50N2O6/c1-31(2)24-11-12-35(6)25(34(24,5)19-22(21-38)28(31)41)18-27(40)37(44)26-20-33(4,14-13-32(26,3)15-16-36(35,37)7)30(43)39-17-9-10-23(39)29(42)45-8/h18-19,23-24,26,44H,9-17,20H2,1-8H3/t23?,24-,26+,32+,33-,34-,35+,36-,37+/m0/s1. The average molecular weight is 619 g/mol. The molecule has 1 saturated heterocycles. The van der Waals surface area contributed by atoms with Gasteiger partial charge in [-0.3, -0.25) is 14.4 Å². The lowest BCUT2D eigenvalue weighted by Crippen LogP contribution is -2.74. The molecule has 45 heavy (non-hydrogen) atoms. The number of allylic oxidation sites excluding steroid dienone is 3. The summed E-state index contributed by atoms with van der Waals surface area (Å²) in [5, 5.41) is 23.1. The number of rotatable bonds is 2. The lowest BCUT2D eigenvalue weighted by atomic mass is 9.33. The number of ether oxygens (including phenoxy) is 1. The van der Waals surface area contributed by atoms with Gasteiger partial charge in [-0.1, -0.05) is 54.5 Å². The summed E-state index contributed by atoms with van der Waals surface area (Å²) in [5.74, 6) is -1.48. The number of likely N-dealkylation sites (tertiary alicyclic amines) is 1. The number of nitrogens with zero attached hydrogens (tertiary/aromatic N) is 2. The van der Waals surface area contributed by atoms with Gasteiger partial charge < -0.3 is 14.7 Å². The van der Waals surface area contributed by atoms with Crippen LogP contribution in [0.25, 0.3) is 0 Å². The maximum atomic E-state index is 14.7. The summed E-state index contributed by atoms with van der Waals surface area (Å²) >= 11 is 0. The second-order valence-corrected chi connectivity index (χ2v) is 17.1. The summed E-state index contributed by atoms with van der Waals surface area (Å²) in [7, 11) is 1.35. The number of aliphatic hydroxyl groups is 1. The van der Waals surface area contributed by atoms with Gasteiger partial charge in [-0.25, -0.2) is 4.79 Å². The molecular formula is C37H50N2O6. The van der Waals surface area contributed by atoms with E-state index in [-0.39, 0.29) is 34.4 Å². The van der Waals surface area contributed by atoms with Crippen molar-refractivity contribution in [2.75, 3.05) is 13.7 Å². The van der Waals surface area contributed by atoms with Gasteiger partial charge in [0.1, 0.15) is 17.7 Å². The number of Topliss-reactive ketones (excluding diaryl/α,β-unsaturated/α-hetero) is 1. The molecule has 9 atom stereocenters. The van der Waals surface area contributed by atoms with Gasteiger partial charge in [0.15, 0.2) is 11.6 Å². The predicted molar refractivity (Wildman–Crippen MR) is 167 cm³/mol. The van der Waals surface area contributed by atoms with E-state index in [9.17, 15) is 29.5 Å². The number of amides is 1. The predicted octanol–water partition coefficient (Wildman–Crippen LogP) is 5.48. The molecule has 244 valence electrons. The van der Waals surface area contributed by atoms with Crippen molar-refractivity contribution in [3.8, 4) is 6.07 Å². The van der Waals surface area contributed by atoms with E-state index in [4.69, 9.17) is 4.74 Å². The molecule has 4 fully saturated rings. The van der Waals surface area contributed by atoms with Crippen LogP contribution in [0.5, 0.6) is 0 Å². The molecule has 3 saturated carbocycles. The number of methoxy groups -OCH3 is 1. The third-order valence-corrected chi connectivity index (χ3v) is 14.8. The second kappa shape index (κ2) is 9.62. The minimum atomic E-state index is -1.70. The molecule has 1 heterocycles. The van der Waals surface area contributed by atoms with Crippen LogP contribution in [-0.2, 0) is 23.9 Å². The van der Waals surface area contributed by atoms with E-state index in [0.717, 1.165) is 24.8 Å². The largest absolute Gasteiger partial charge is 0.467 e. The molecule has 1 amide bonds. The molecule has 8 nitrogen and oxygen atoms in total. The zero-order chi connectivity index (χ0) is 33.2. The van der Waals surface area contributed by atoms with Crippen molar-refractivity contribution in [1.29, 1.82) is 5.26 Å². The lowest BCUT2D eigenvalue weighted by Gasteiger charge is -2.71. The van der Waals surface area contributed by atoms with E-state index < -0.39 is 50.6 Å². The van der Waals surface area contributed by atoms with E-state index in [2.05, 4.69) is 33.8 Å². The van der Waals surface area contributed by atoms with Crippen LogP contribution in [0, 0.1) is 55.7 Å². The quantitative estimate of drug-likeness (QED) is 0.406. The van der Waals surface area contributed by atoms with Crippen molar-refractivity contribution < 1.29 is 29.0 Å². The molecule has 0 aromatic carbocycles. The smallest absolute Gasteiger partial charge is 0.328 e. The summed E-state index contributed by atoms with van der Waals surface area (Å²) in [5.41, 5.74) is -4.63. The van der Waals surface area contributed by atoms with E-state index in [1.165, 1.54) is 7.11 Å². The molecule has 0 aromatic rings. The SMILES string of the molecule is COC(=O)C1CCCN1C(=O)[C@@]1(C)CC[C@]2(C)CC[C@@]3(C)[C@]4(C)CC[C@H]5C(C)(C)C(=O)C(C#N)=C[C@]5(C)C4=CC(=O)[C@]3(O)[C@@H]2C1. The van der Waals surface area contributed by atoms with Gasteiger partial charge >= 0.3 is 5.97 Å². The van der Waals surface area contributed by atoms with Crippen LogP contribution in [0.4, 0.5) is 0 Å². The summed E-state index contributed by atoms with van der Waals surface area (Å²) in [6.45, 7) is 14.8. The highest BCUT2D eigenvalue weighted by Crippen LogP contribution is 2.75. The van der Waals surface area contributed by atoms with Gasteiger partial charge in [0.2, 0.25) is 5.91 Å². The highest BCUT2D eigenvalue weighted by Gasteiger charge is 2.75. The summed E-state index contributed by atoms with van der Waals surface area (Å²) < 4.78 is 5.03. The number of nitriles is 1. The number of ketones is 2. The second-order valence-electron chi connectivity index (χ2n) is 17.1. The molecule has 1 unspecified atom stereocenters. The Kier molecular flexibility index (Phi) is 6.88. The number of hydrogen-bond acceptors (Lipinski definition) is 7. The van der Waals surface area contributed by atoms with Crippen LogP contribution in [0.15, 0.2) is 23.3 Å². The minimum Gasteiger partial charge on any atom is -0.467 e. The number of carbonyl (C=O) groups is 4. The maximum Gasteiger partial charge on any atom is 0.328 e. The zero-order valence-electron chi connectivity index (χ0n) is 28.3. The molecule has 0 radical (unpaired) electrons. The third-order valence-electron chi connectivity index (χ3n) is 14.8. The first-order chi connectivity index (χ1) is 20.8. The van der Waals surface area contributed by atoms with Gasteiger partial charge in [0, 0.05) is 34.1 Å². The molecular weight excluding hydrogens is 568 g/mol. The van der Waals surface area contributed by atoms with Crippen LogP contribution in [-0.4, -0.2) is 58.7 Å². The van der Waals surface area contributed by atoms with Crippen LogP contribution in [0.1, 0.15) is 106 Å². The summed E-state index contributed by atoms with van der Waals surface area (Å²) in [6.07, 6.45) is 9.45. The molecule has 6 rings (SSSR count). The Morgan fingerprint density at radius 1 is 0.978 bits per heavy atom. The fourth-order valence-corrected chi connectivity index (χ4v) is 11.7. The van der Waals surface area contributed by atoms with Crippen molar-refractivity contribution in [3.05, 3.63) is 23.3 Å². The monoisotopic (exact) mass is 618 g/mol. The van der Waals surface area contributed by atoms with Gasteiger partial charge in [-0.05, 0) is 86.2 Å². The Balaban J connectivity index is 1.45. The van der Waals surface area contributed by atoms with Crippen LogP contribution >= 0.6 is 0 Å². The minimum absolute atomic E-state index is 0.0795. The number of hydrogen-bond donors (Lipinski definition) is 1. The summed E-state index contributed by atoms with van der Waals surface area (Å²) in [6, 6.07) is 1.55. The van der Waals surface area contributed by atoms with Crippen molar-refractivity contribution in [3.63, 3.8) is 0 Å². The van der Waals surface area contributed by atoms with Crippen molar-refractivity contribution >= 4 is 23.4 Å². The fourth-order valence-electron chi connectivity index (χ4n) is 11.7. The highest BCUT2D eigenvalue weighted by molar-refractivity contribution is 6.05. The normalized spacial score (nSPS) is 46.8. The molecule has 0 aromatic heterocycles. The molecule has 5 aliphatic carbocycles. The van der Waals surface area contributed by atoms with Crippen LogP contribution < -0.4 is 0 Å². The Labute approximate surface area is 267 Å². The molecule has 1 N–H and O–H groups in total. The number of carbonyl (C=O) groups excluding carboxylic acids is 4. The van der Waals surface area contributed by atoms with E-state index >= 15 is 0 Å². The van der Waals surface area contributed by atoms with Gasteiger partial charge in [-0.15, -0.1) is 0 Å². The van der Waals surface area contributed by atoms with Crippen molar-refractivity contribution in [2.24, 2.45) is 44.3 Å². The molecule has 1 aliphatic heterocycles. The van der Waals surface area contributed by atoms with E-state index in [0.29, 0.717) is 45.1 Å². The van der Waals surface area contributed by atoms with Crippen LogP contribution in [0.3, 0.4) is 0 Å². The van der Waals surface area contributed by atoms with Crippen LogP contribution in [0.2, 0.25) is 0 Å². The van der Waals surface area contributed by atoms with E-state index in [1.54, 1.807) is 11.0 Å². The number of esters is 1. The third kappa shape index (κ3) is 3.79. The van der Waals surface area contributed by atoms with Crippen molar-refractivity contribution in [1.82, 2.24) is 4.90 Å². The topological polar surface area (TPSA) is 125 Å². The Bertz CT molecular complexity index is 1500. The average Bonchev–Trinajstić information content (AvgIpc) is 3.48. The van der Waals surface area contributed by atoms with Gasteiger partial charge in [-0.2, -0.15) is 5.26 Å². The molecule has 0 spiro atoms. The van der Waals surface area contributed by atoms with E-state index in [1.807, 2.05) is 26.8 Å². The van der Waals surface area contributed by atoms with Gasteiger partial charge in [0.25, 0.3) is 0 Å². The first-order valence-electron chi connectivity index (χ1n) is 16.9. The van der Waals surface area contributed by atoms with Gasteiger partial charge in [0.05, 0.1) is 12.7 Å². The molecule has 8 heteroatoms. The Hall–Kier alpha value is -2.79. The first kappa shape index (κ1) is 32.2. The first-order valence-corrected chi connectivity index (χ1v) is 16.9. The Morgan fingerprint density at radius 2 is 1.64 bits per heavy atom. The molecule has 0 bridgehead atoms. The fraction of sp³-hybridized carbons (Fsp3) is 0.757. The highest BCUT2D eigenvalue weighted by atomic mass is 16.5. The maximum absolute atomic E-state index is 14.7. The number of fused-ring (bicyclic) bond motifs is 7. The van der Waals surface area contributed by atoms with Crippen molar-refractivity contribution in [2.45, 2.75) is 118 Å². The Morgan fingerprint density at radius 3 is 2.29 bits per heavy atom. The zero-order valence-corrected chi connectivity index (χ0v) is 28.3. The summed E-state index contributed by atoms with van der Waals surface area (Å²) in [4.78, 5) is 56.6. The lowest BCUT2D eigenvalue weighted by molar-refractivity contribution is -0.243.